The largest absolute Gasteiger partial charge is 0.489 e. The van der Waals surface area contributed by atoms with Crippen molar-refractivity contribution in [2.75, 3.05) is 19.7 Å². The lowest BCUT2D eigenvalue weighted by Crippen LogP contribution is -2.18. The Hall–Kier alpha value is -1.28. The number of likely N-dealkylation sites (N-methyl/N-ethyl adjacent to an activating group) is 1. The fraction of sp³-hybridized carbons (Fsp3) is 0.385. The topological polar surface area (TPSA) is 21.3 Å². The van der Waals surface area contributed by atoms with Crippen LogP contribution in [0.3, 0.4) is 0 Å². The molecular formula is C13H19NO. The third kappa shape index (κ3) is 4.66. The zero-order valence-electron chi connectivity index (χ0n) is 9.55. The fourth-order valence-corrected chi connectivity index (χ4v) is 1.17. The molecule has 0 heterocycles. The van der Waals surface area contributed by atoms with Gasteiger partial charge in [0.1, 0.15) is 12.4 Å². The molecule has 0 bridgehead atoms. The van der Waals surface area contributed by atoms with Crippen LogP contribution < -0.4 is 10.1 Å². The summed E-state index contributed by atoms with van der Waals surface area (Å²) in [4.78, 5) is 0. The molecule has 1 aromatic carbocycles. The van der Waals surface area contributed by atoms with Gasteiger partial charge in [0.15, 0.2) is 0 Å². The SMILES string of the molecule is C=C(CNCC)COc1ccc(C)cc1. The van der Waals surface area contributed by atoms with Gasteiger partial charge in [-0.05, 0) is 31.2 Å². The predicted molar refractivity (Wildman–Crippen MR) is 64.4 cm³/mol. The van der Waals surface area contributed by atoms with Crippen molar-refractivity contribution in [3.8, 4) is 5.75 Å². The van der Waals surface area contributed by atoms with Gasteiger partial charge in [-0.3, -0.25) is 0 Å². The maximum Gasteiger partial charge on any atom is 0.119 e. The minimum absolute atomic E-state index is 0.579. The summed E-state index contributed by atoms with van der Waals surface area (Å²) in [5.41, 5.74) is 2.31. The van der Waals surface area contributed by atoms with E-state index in [2.05, 4.69) is 25.7 Å². The van der Waals surface area contributed by atoms with E-state index in [1.165, 1.54) is 5.56 Å². The van der Waals surface area contributed by atoms with Crippen LogP contribution in [0.25, 0.3) is 0 Å². The second-order valence-corrected chi connectivity index (χ2v) is 3.63. The lowest BCUT2D eigenvalue weighted by molar-refractivity contribution is 0.348. The Labute approximate surface area is 92.0 Å². The molecule has 0 spiro atoms. The highest BCUT2D eigenvalue weighted by atomic mass is 16.5. The third-order valence-electron chi connectivity index (χ3n) is 2.09. The quantitative estimate of drug-likeness (QED) is 0.721. The molecule has 0 radical (unpaired) electrons. The van der Waals surface area contributed by atoms with E-state index >= 15 is 0 Å². The van der Waals surface area contributed by atoms with Crippen LogP contribution in [-0.4, -0.2) is 19.7 Å². The Balaban J connectivity index is 2.30. The third-order valence-corrected chi connectivity index (χ3v) is 2.09. The zero-order valence-corrected chi connectivity index (χ0v) is 9.55. The Morgan fingerprint density at radius 2 is 2.00 bits per heavy atom. The molecule has 0 aromatic heterocycles. The molecule has 0 unspecified atom stereocenters. The van der Waals surface area contributed by atoms with E-state index in [9.17, 15) is 0 Å². The summed E-state index contributed by atoms with van der Waals surface area (Å²) in [5.74, 6) is 0.901. The molecule has 1 aromatic rings. The molecule has 0 aliphatic heterocycles. The second kappa shape index (κ2) is 6.25. The van der Waals surface area contributed by atoms with Gasteiger partial charge in [-0.1, -0.05) is 31.2 Å². The first-order chi connectivity index (χ1) is 7.22. The maximum atomic E-state index is 5.58. The summed E-state index contributed by atoms with van der Waals surface area (Å²) in [6, 6.07) is 8.05. The Bertz CT molecular complexity index is 303. The average molecular weight is 205 g/mol. The van der Waals surface area contributed by atoms with Crippen molar-refractivity contribution in [1.29, 1.82) is 0 Å². The van der Waals surface area contributed by atoms with E-state index in [1.54, 1.807) is 0 Å². The van der Waals surface area contributed by atoms with Crippen molar-refractivity contribution >= 4 is 0 Å². The Morgan fingerprint density at radius 1 is 1.33 bits per heavy atom. The Morgan fingerprint density at radius 3 is 2.60 bits per heavy atom. The Kier molecular flexibility index (Phi) is 4.91. The van der Waals surface area contributed by atoms with Crippen molar-refractivity contribution in [2.24, 2.45) is 0 Å². The minimum atomic E-state index is 0.579. The van der Waals surface area contributed by atoms with E-state index in [0.29, 0.717) is 6.61 Å². The molecule has 0 fully saturated rings. The molecule has 1 N–H and O–H groups in total. The number of aryl methyl sites for hydroxylation is 1. The first-order valence-corrected chi connectivity index (χ1v) is 5.29. The van der Waals surface area contributed by atoms with Crippen LogP contribution >= 0.6 is 0 Å². The smallest absolute Gasteiger partial charge is 0.119 e. The van der Waals surface area contributed by atoms with Crippen molar-refractivity contribution in [3.05, 3.63) is 42.0 Å². The first-order valence-electron chi connectivity index (χ1n) is 5.29. The van der Waals surface area contributed by atoms with Crippen molar-refractivity contribution in [3.63, 3.8) is 0 Å². The normalized spacial score (nSPS) is 10.0. The number of hydrogen-bond acceptors (Lipinski definition) is 2. The zero-order chi connectivity index (χ0) is 11.1. The van der Waals surface area contributed by atoms with Crippen LogP contribution in [0.5, 0.6) is 5.75 Å². The molecule has 15 heavy (non-hydrogen) atoms. The summed E-state index contributed by atoms with van der Waals surface area (Å²) < 4.78 is 5.58. The molecule has 1 rings (SSSR count). The van der Waals surface area contributed by atoms with Crippen molar-refractivity contribution in [2.45, 2.75) is 13.8 Å². The lowest BCUT2D eigenvalue weighted by atomic mass is 10.2. The fourth-order valence-electron chi connectivity index (χ4n) is 1.17. The van der Waals surface area contributed by atoms with Gasteiger partial charge >= 0.3 is 0 Å². The molecule has 0 aliphatic carbocycles. The van der Waals surface area contributed by atoms with Gasteiger partial charge in [0.2, 0.25) is 0 Å². The number of ether oxygens (including phenoxy) is 1. The molecular weight excluding hydrogens is 186 g/mol. The van der Waals surface area contributed by atoms with Crippen molar-refractivity contribution < 1.29 is 4.74 Å². The number of rotatable bonds is 6. The minimum Gasteiger partial charge on any atom is -0.489 e. The van der Waals surface area contributed by atoms with Gasteiger partial charge in [0.05, 0.1) is 0 Å². The monoisotopic (exact) mass is 205 g/mol. The molecule has 82 valence electrons. The molecule has 2 heteroatoms. The summed E-state index contributed by atoms with van der Waals surface area (Å²) in [5, 5.41) is 3.21. The molecule has 0 aliphatic rings. The summed E-state index contributed by atoms with van der Waals surface area (Å²) in [6.45, 7) is 10.4. The summed E-state index contributed by atoms with van der Waals surface area (Å²) >= 11 is 0. The van der Waals surface area contributed by atoms with E-state index in [0.717, 1.165) is 24.4 Å². The molecule has 0 saturated heterocycles. The highest BCUT2D eigenvalue weighted by Gasteiger charge is 1.96. The van der Waals surface area contributed by atoms with Crippen LogP contribution in [0, 0.1) is 6.92 Å². The van der Waals surface area contributed by atoms with Gasteiger partial charge < -0.3 is 10.1 Å². The lowest BCUT2D eigenvalue weighted by Gasteiger charge is -2.09. The molecule has 0 atom stereocenters. The van der Waals surface area contributed by atoms with Crippen LogP contribution in [0.15, 0.2) is 36.4 Å². The summed E-state index contributed by atoms with van der Waals surface area (Å²) in [7, 11) is 0. The highest BCUT2D eigenvalue weighted by molar-refractivity contribution is 5.26. The van der Waals surface area contributed by atoms with Gasteiger partial charge in [-0.25, -0.2) is 0 Å². The van der Waals surface area contributed by atoms with Crippen molar-refractivity contribution in [1.82, 2.24) is 5.32 Å². The van der Waals surface area contributed by atoms with Gasteiger partial charge in [0.25, 0.3) is 0 Å². The van der Waals surface area contributed by atoms with E-state index in [1.807, 2.05) is 24.3 Å². The number of nitrogens with one attached hydrogen (secondary N) is 1. The van der Waals surface area contributed by atoms with Gasteiger partial charge in [0, 0.05) is 6.54 Å². The van der Waals surface area contributed by atoms with E-state index in [-0.39, 0.29) is 0 Å². The number of benzene rings is 1. The highest BCUT2D eigenvalue weighted by Crippen LogP contribution is 2.11. The average Bonchev–Trinajstić information content (AvgIpc) is 2.25. The standard InChI is InChI=1S/C13H19NO/c1-4-14-9-12(3)10-15-13-7-5-11(2)6-8-13/h5-8,14H,3-4,9-10H2,1-2H3. The summed E-state index contributed by atoms with van der Waals surface area (Å²) in [6.07, 6.45) is 0. The predicted octanol–water partition coefficient (Wildman–Crippen LogP) is 2.54. The van der Waals surface area contributed by atoms with Gasteiger partial charge in [-0.2, -0.15) is 0 Å². The maximum absolute atomic E-state index is 5.58. The van der Waals surface area contributed by atoms with Crippen LogP contribution in [-0.2, 0) is 0 Å². The second-order valence-electron chi connectivity index (χ2n) is 3.63. The van der Waals surface area contributed by atoms with Gasteiger partial charge in [-0.15, -0.1) is 0 Å². The molecule has 2 nitrogen and oxygen atoms in total. The van der Waals surface area contributed by atoms with Crippen LogP contribution in [0.1, 0.15) is 12.5 Å². The van der Waals surface area contributed by atoms with E-state index in [4.69, 9.17) is 4.74 Å². The molecule has 0 saturated carbocycles. The van der Waals surface area contributed by atoms with Crippen LogP contribution in [0.4, 0.5) is 0 Å². The number of hydrogen-bond donors (Lipinski definition) is 1. The van der Waals surface area contributed by atoms with Crippen LogP contribution in [0.2, 0.25) is 0 Å². The van der Waals surface area contributed by atoms with E-state index < -0.39 is 0 Å². The first kappa shape index (κ1) is 11.8. The molecule has 0 amide bonds.